The van der Waals surface area contributed by atoms with E-state index in [2.05, 4.69) is 59.7 Å². The lowest BCUT2D eigenvalue weighted by atomic mass is 10.0. The third-order valence-electron chi connectivity index (χ3n) is 12.4. The largest absolute Gasteiger partial charge is 0.496 e. The maximum Gasteiger partial charge on any atom is 0.338 e. The second kappa shape index (κ2) is 32.1. The Morgan fingerprint density at radius 2 is 1.09 bits per heavy atom. The fraction of sp³-hybridized carbons (Fsp3) is 0.344. The average Bonchev–Trinajstić information content (AvgIpc) is 3.85. The van der Waals surface area contributed by atoms with Crippen molar-refractivity contribution in [2.24, 2.45) is 5.73 Å². The van der Waals surface area contributed by atoms with Crippen molar-refractivity contribution < 1.29 is 47.9 Å². The van der Waals surface area contributed by atoms with E-state index in [-0.39, 0.29) is 18.5 Å². The summed E-state index contributed by atoms with van der Waals surface area (Å²) in [6.45, 7) is 17.7. The van der Waals surface area contributed by atoms with Gasteiger partial charge in [-0.3, -0.25) is 4.79 Å². The van der Waals surface area contributed by atoms with E-state index in [9.17, 15) is 9.59 Å². The second-order valence-electron chi connectivity index (χ2n) is 17.4. The van der Waals surface area contributed by atoms with E-state index < -0.39 is 0 Å². The van der Waals surface area contributed by atoms with Crippen LogP contribution < -0.4 is 24.7 Å². The van der Waals surface area contributed by atoms with Gasteiger partial charge in [0.05, 0.1) is 60.4 Å². The van der Waals surface area contributed by atoms with Gasteiger partial charge < -0.3 is 53.5 Å². The number of aromatic nitrogens is 1. The van der Waals surface area contributed by atoms with E-state index in [0.29, 0.717) is 43.4 Å². The SMILES string of the molecule is C=CCc1cc(C(=O)OCC)ccc1OC.C=CCc1cc(CO)ccc1OC.C=CCc1cc(COC)ccc1OC.COCc1ccc(OC)c(CCN2CCC(n3ccc4ccc(C(N)=O)cc43)CC2)c1. The lowest BCUT2D eigenvalue weighted by Crippen LogP contribution is -2.35. The molecule has 0 atom stereocenters. The van der Waals surface area contributed by atoms with Crippen LogP contribution in [0.3, 0.4) is 0 Å². The van der Waals surface area contributed by atoms with E-state index in [1.54, 1.807) is 79.9 Å². The molecule has 0 bridgehead atoms. The van der Waals surface area contributed by atoms with Crippen molar-refractivity contribution in [3.05, 3.63) is 191 Å². The van der Waals surface area contributed by atoms with Gasteiger partial charge in [0.2, 0.25) is 5.91 Å². The summed E-state index contributed by atoms with van der Waals surface area (Å²) >= 11 is 0. The molecule has 5 aromatic carbocycles. The number of esters is 1. The number of likely N-dealkylation sites (tertiary alicyclic amines) is 1. The molecule has 0 radical (unpaired) electrons. The maximum absolute atomic E-state index is 11.6. The number of benzene rings is 5. The number of rotatable bonds is 22. The number of piperidine rings is 1. The first-order valence-corrected chi connectivity index (χ1v) is 24.8. The minimum absolute atomic E-state index is 0.0636. The highest BCUT2D eigenvalue weighted by molar-refractivity contribution is 5.97. The molecule has 13 heteroatoms. The first-order valence-electron chi connectivity index (χ1n) is 24.8. The standard InChI is InChI=1S/C25H31N3O3.C13H16O3.C12H16O2.C11H14O2/c1-30-17-18-3-6-24(31-2)20(15-18)7-11-27-12-9-22(10-13-27)28-14-8-19-4-5-21(25(26)29)16-23(19)28;1-4-6-10-9-11(13(14)16-5-2)7-8-12(10)15-3;1-4-5-11-8-10(9-13-2)6-7-12(11)14-3;1-3-4-10-7-9(8-12)5-6-11(10)13-2/h3-6,8,14-16,22H,7,9-13,17H2,1-2H3,(H2,26,29);4,7-9H,1,5-6H2,2-3H3;4,6-8H,1,5,9H2,2-3H3;3,5-7,12H,1,4,8H2,2H3. The molecule has 396 valence electrons. The average molecular weight is 1010 g/mol. The van der Waals surface area contributed by atoms with Crippen molar-refractivity contribution in [1.29, 1.82) is 0 Å². The van der Waals surface area contributed by atoms with Gasteiger partial charge in [0.25, 0.3) is 0 Å². The summed E-state index contributed by atoms with van der Waals surface area (Å²) in [4.78, 5) is 25.6. The summed E-state index contributed by atoms with van der Waals surface area (Å²) in [5.74, 6) is 2.76. The Hall–Kier alpha value is -7.16. The molecule has 6 aromatic rings. The lowest BCUT2D eigenvalue weighted by Gasteiger charge is -2.33. The topological polar surface area (TPSA) is 153 Å². The molecule has 74 heavy (non-hydrogen) atoms. The number of nitrogens with two attached hydrogens (primary N) is 1. The fourth-order valence-corrected chi connectivity index (χ4v) is 8.69. The van der Waals surface area contributed by atoms with Gasteiger partial charge >= 0.3 is 5.97 Å². The molecular weight excluding hydrogens is 935 g/mol. The van der Waals surface area contributed by atoms with Gasteiger partial charge in [-0.15, -0.1) is 19.7 Å². The molecule has 3 N–H and O–H groups in total. The summed E-state index contributed by atoms with van der Waals surface area (Å²) < 4.78 is 38.7. The molecule has 0 unspecified atom stereocenters. The molecule has 13 nitrogen and oxygen atoms in total. The summed E-state index contributed by atoms with van der Waals surface area (Å²) in [6, 6.07) is 31.5. The van der Waals surface area contributed by atoms with Crippen LogP contribution in [-0.4, -0.2) is 95.3 Å². The van der Waals surface area contributed by atoms with E-state index >= 15 is 0 Å². The number of carbonyl (C=O) groups excluding carboxylic acids is 2. The van der Waals surface area contributed by atoms with Crippen molar-refractivity contribution in [2.75, 3.05) is 68.9 Å². The Labute approximate surface area is 438 Å². The molecule has 0 saturated carbocycles. The van der Waals surface area contributed by atoms with Gasteiger partial charge in [-0.25, -0.2) is 4.79 Å². The number of hydrogen-bond donors (Lipinski definition) is 2. The predicted octanol–water partition coefficient (Wildman–Crippen LogP) is 10.9. The number of ether oxygens (including phenoxy) is 7. The Morgan fingerprint density at radius 3 is 1.58 bits per heavy atom. The van der Waals surface area contributed by atoms with Crippen molar-refractivity contribution in [1.82, 2.24) is 9.47 Å². The number of methoxy groups -OCH3 is 6. The molecule has 1 amide bonds. The Morgan fingerprint density at radius 1 is 0.622 bits per heavy atom. The highest BCUT2D eigenvalue weighted by Gasteiger charge is 2.22. The van der Waals surface area contributed by atoms with Gasteiger partial charge in [-0.05, 0) is 163 Å². The van der Waals surface area contributed by atoms with Crippen LogP contribution in [0.15, 0.2) is 141 Å². The molecule has 2 heterocycles. The number of amides is 1. The molecule has 1 saturated heterocycles. The third kappa shape index (κ3) is 17.8. The Balaban J connectivity index is 0.000000233. The fourth-order valence-electron chi connectivity index (χ4n) is 8.69. The van der Waals surface area contributed by atoms with Crippen molar-refractivity contribution in [3.63, 3.8) is 0 Å². The van der Waals surface area contributed by atoms with Crippen LogP contribution >= 0.6 is 0 Å². The molecule has 1 aliphatic heterocycles. The summed E-state index contributed by atoms with van der Waals surface area (Å²) in [6.07, 6.45) is 13.0. The number of hydrogen-bond acceptors (Lipinski definition) is 11. The number of aliphatic hydroxyl groups is 1. The van der Waals surface area contributed by atoms with Gasteiger partial charge in [0.15, 0.2) is 0 Å². The molecule has 1 fully saturated rings. The van der Waals surface area contributed by atoms with Crippen LogP contribution in [-0.2, 0) is 59.7 Å². The van der Waals surface area contributed by atoms with Crippen LogP contribution in [0.5, 0.6) is 23.0 Å². The number of carbonyl (C=O) groups is 2. The number of allylic oxidation sites excluding steroid dienone is 3. The molecule has 0 aliphatic carbocycles. The van der Waals surface area contributed by atoms with Crippen molar-refractivity contribution >= 4 is 22.8 Å². The van der Waals surface area contributed by atoms with E-state index in [1.807, 2.05) is 60.7 Å². The highest BCUT2D eigenvalue weighted by atomic mass is 16.5. The first-order chi connectivity index (χ1) is 35.9. The highest BCUT2D eigenvalue weighted by Crippen LogP contribution is 2.30. The van der Waals surface area contributed by atoms with Crippen molar-refractivity contribution in [3.8, 4) is 23.0 Å². The number of primary amides is 1. The number of nitrogens with zero attached hydrogens (tertiary/aromatic N) is 2. The zero-order chi connectivity index (χ0) is 53.8. The monoisotopic (exact) mass is 1010 g/mol. The first kappa shape index (κ1) is 59.4. The quantitative estimate of drug-likeness (QED) is 0.0493. The molecule has 1 aliphatic rings. The van der Waals surface area contributed by atoms with Gasteiger partial charge in [0.1, 0.15) is 23.0 Å². The summed E-state index contributed by atoms with van der Waals surface area (Å²) in [5.41, 5.74) is 15.3. The minimum atomic E-state index is -0.380. The maximum atomic E-state index is 11.6. The zero-order valence-corrected chi connectivity index (χ0v) is 44.5. The smallest absolute Gasteiger partial charge is 0.338 e. The number of fused-ring (bicyclic) bond motifs is 1. The van der Waals surface area contributed by atoms with Crippen LogP contribution in [0.2, 0.25) is 0 Å². The van der Waals surface area contributed by atoms with Gasteiger partial charge in [-0.1, -0.05) is 42.5 Å². The van der Waals surface area contributed by atoms with Gasteiger partial charge in [0, 0.05) is 57.2 Å². The zero-order valence-electron chi connectivity index (χ0n) is 44.5. The van der Waals surface area contributed by atoms with Crippen molar-refractivity contribution in [2.45, 2.75) is 71.3 Å². The van der Waals surface area contributed by atoms with Gasteiger partial charge in [-0.2, -0.15) is 0 Å². The van der Waals surface area contributed by atoms with E-state index in [4.69, 9.17) is 44.0 Å². The second-order valence-corrected chi connectivity index (χ2v) is 17.4. The van der Waals surface area contributed by atoms with Crippen LogP contribution in [0.25, 0.3) is 10.9 Å². The predicted molar refractivity (Wildman–Crippen MR) is 296 cm³/mol. The van der Waals surface area contributed by atoms with Crippen LogP contribution in [0, 0.1) is 0 Å². The third-order valence-corrected chi connectivity index (χ3v) is 12.4. The van der Waals surface area contributed by atoms with E-state index in [0.717, 1.165) is 113 Å². The Kier molecular flexibility index (Phi) is 25.8. The molecule has 7 rings (SSSR count). The normalized spacial score (nSPS) is 12.1. The molecule has 1 aromatic heterocycles. The van der Waals surface area contributed by atoms with Crippen LogP contribution in [0.4, 0.5) is 0 Å². The van der Waals surface area contributed by atoms with Crippen LogP contribution in [0.1, 0.15) is 85.5 Å². The summed E-state index contributed by atoms with van der Waals surface area (Å²) in [7, 11) is 10.1. The Bertz CT molecular complexity index is 2720. The minimum Gasteiger partial charge on any atom is -0.496 e. The lowest BCUT2D eigenvalue weighted by molar-refractivity contribution is 0.0526. The molecular formula is C61H77N3O10. The number of aliphatic hydroxyl groups excluding tert-OH is 1. The summed E-state index contributed by atoms with van der Waals surface area (Å²) in [5, 5.41) is 10.1. The van der Waals surface area contributed by atoms with E-state index in [1.165, 1.54) is 11.1 Å². The molecule has 0 spiro atoms.